The fourth-order valence-electron chi connectivity index (χ4n) is 2.37. The molecule has 0 amide bonds. The minimum atomic E-state index is -0.919. The third kappa shape index (κ3) is 3.44. The first-order valence-corrected chi connectivity index (χ1v) is 7.97. The van der Waals surface area contributed by atoms with E-state index in [4.69, 9.17) is 5.73 Å². The molecule has 6 heteroatoms. The van der Waals surface area contributed by atoms with E-state index < -0.39 is 5.79 Å². The second-order valence-electron chi connectivity index (χ2n) is 6.18. The third-order valence-corrected chi connectivity index (χ3v) is 3.91. The molecule has 0 spiro atoms. The number of pyridine rings is 1. The van der Waals surface area contributed by atoms with Gasteiger partial charge in [0.25, 0.3) is 0 Å². The molecule has 0 bridgehead atoms. The number of nitrogens with zero attached hydrogens (tertiary/aromatic N) is 3. The molecule has 0 fully saturated rings. The molecule has 1 unspecified atom stereocenters. The van der Waals surface area contributed by atoms with E-state index in [0.717, 1.165) is 16.9 Å². The topological polar surface area (TPSA) is 87.7 Å². The van der Waals surface area contributed by atoms with Gasteiger partial charge in [-0.25, -0.2) is 4.99 Å². The lowest BCUT2D eigenvalue weighted by Gasteiger charge is -2.35. The number of hydrogen-bond acceptors (Lipinski definition) is 6. The van der Waals surface area contributed by atoms with Crippen molar-refractivity contribution >= 4 is 17.5 Å². The van der Waals surface area contributed by atoms with Gasteiger partial charge in [0, 0.05) is 29.1 Å². The second kappa shape index (κ2) is 6.41. The van der Waals surface area contributed by atoms with E-state index in [9.17, 15) is 0 Å². The SMILES string of the molecule is Cc1cc(NC2=NC(N)(C(C)C)NC(c3ccccc3)=N2)ccn1. The molecule has 1 aromatic heterocycles. The van der Waals surface area contributed by atoms with Crippen molar-refractivity contribution in [1.82, 2.24) is 10.3 Å². The quantitative estimate of drug-likeness (QED) is 0.810. The first-order valence-electron chi connectivity index (χ1n) is 7.97. The number of amidine groups is 1. The number of rotatable bonds is 3. The highest BCUT2D eigenvalue weighted by Crippen LogP contribution is 2.19. The number of hydrogen-bond donors (Lipinski definition) is 3. The second-order valence-corrected chi connectivity index (χ2v) is 6.18. The summed E-state index contributed by atoms with van der Waals surface area (Å²) in [5.74, 6) is 0.351. The largest absolute Gasteiger partial charge is 0.333 e. The van der Waals surface area contributed by atoms with E-state index in [-0.39, 0.29) is 5.92 Å². The first-order chi connectivity index (χ1) is 11.5. The number of guanidine groups is 1. The van der Waals surface area contributed by atoms with E-state index in [1.165, 1.54) is 0 Å². The van der Waals surface area contributed by atoms with Gasteiger partial charge in [0.15, 0.2) is 5.79 Å². The van der Waals surface area contributed by atoms with Crippen LogP contribution in [0.2, 0.25) is 0 Å². The average molecular weight is 322 g/mol. The molecule has 1 aromatic carbocycles. The van der Waals surface area contributed by atoms with Gasteiger partial charge in [0.2, 0.25) is 5.96 Å². The molecule has 0 aliphatic carbocycles. The van der Waals surface area contributed by atoms with Crippen molar-refractivity contribution in [2.45, 2.75) is 26.6 Å². The van der Waals surface area contributed by atoms with Crippen molar-refractivity contribution < 1.29 is 0 Å². The molecular weight excluding hydrogens is 300 g/mol. The molecule has 6 nitrogen and oxygen atoms in total. The van der Waals surface area contributed by atoms with Crippen LogP contribution in [0.1, 0.15) is 25.1 Å². The van der Waals surface area contributed by atoms with Crippen LogP contribution in [0.15, 0.2) is 58.6 Å². The number of nitrogens with two attached hydrogens (primary N) is 1. The number of anilines is 1. The zero-order chi connectivity index (χ0) is 17.2. The summed E-state index contributed by atoms with van der Waals surface area (Å²) in [5.41, 5.74) is 9.24. The highest BCUT2D eigenvalue weighted by atomic mass is 15.4. The summed E-state index contributed by atoms with van der Waals surface area (Å²) in [6, 6.07) is 13.7. The number of nitrogens with one attached hydrogen (secondary N) is 2. The maximum Gasteiger partial charge on any atom is 0.228 e. The van der Waals surface area contributed by atoms with Gasteiger partial charge in [0.05, 0.1) is 0 Å². The van der Waals surface area contributed by atoms with Crippen molar-refractivity contribution in [3.8, 4) is 0 Å². The lowest BCUT2D eigenvalue weighted by molar-refractivity contribution is 0.295. The van der Waals surface area contributed by atoms with Crippen LogP contribution in [0.5, 0.6) is 0 Å². The molecule has 0 saturated heterocycles. The molecule has 1 aliphatic rings. The van der Waals surface area contributed by atoms with Gasteiger partial charge in [-0.1, -0.05) is 44.2 Å². The number of aryl methyl sites for hydroxylation is 1. The Labute approximate surface area is 141 Å². The molecule has 0 saturated carbocycles. The summed E-state index contributed by atoms with van der Waals surface area (Å²) < 4.78 is 0. The van der Waals surface area contributed by atoms with Crippen molar-refractivity contribution in [2.75, 3.05) is 5.32 Å². The zero-order valence-electron chi connectivity index (χ0n) is 14.1. The van der Waals surface area contributed by atoms with Crippen LogP contribution in [-0.4, -0.2) is 22.6 Å². The number of aliphatic imine (C=N–C) groups is 2. The summed E-state index contributed by atoms with van der Waals surface area (Å²) in [5, 5.41) is 6.49. The summed E-state index contributed by atoms with van der Waals surface area (Å²) >= 11 is 0. The average Bonchev–Trinajstić information content (AvgIpc) is 2.55. The van der Waals surface area contributed by atoms with Crippen LogP contribution >= 0.6 is 0 Å². The highest BCUT2D eigenvalue weighted by Gasteiger charge is 2.33. The van der Waals surface area contributed by atoms with E-state index in [2.05, 4.69) is 25.6 Å². The smallest absolute Gasteiger partial charge is 0.228 e. The molecule has 2 heterocycles. The summed E-state index contributed by atoms with van der Waals surface area (Å²) in [7, 11) is 0. The van der Waals surface area contributed by atoms with Crippen molar-refractivity contribution in [3.63, 3.8) is 0 Å². The minimum Gasteiger partial charge on any atom is -0.333 e. The predicted molar refractivity (Wildman–Crippen MR) is 97.9 cm³/mol. The number of benzene rings is 1. The third-order valence-electron chi connectivity index (χ3n) is 3.91. The molecule has 24 heavy (non-hydrogen) atoms. The summed E-state index contributed by atoms with van der Waals surface area (Å²) in [4.78, 5) is 13.4. The monoisotopic (exact) mass is 322 g/mol. The van der Waals surface area contributed by atoms with E-state index >= 15 is 0 Å². The van der Waals surface area contributed by atoms with Crippen molar-refractivity contribution in [2.24, 2.45) is 21.6 Å². The number of aromatic nitrogens is 1. The maximum absolute atomic E-state index is 6.47. The Balaban J connectivity index is 1.97. The van der Waals surface area contributed by atoms with Gasteiger partial charge in [0.1, 0.15) is 5.84 Å². The van der Waals surface area contributed by atoms with E-state index in [1.807, 2.05) is 63.2 Å². The Morgan fingerprint density at radius 2 is 1.92 bits per heavy atom. The predicted octanol–water partition coefficient (Wildman–Crippen LogP) is 2.48. The molecule has 1 atom stereocenters. The van der Waals surface area contributed by atoms with Crippen LogP contribution in [0.4, 0.5) is 5.69 Å². The Kier molecular flexibility index (Phi) is 4.31. The van der Waals surface area contributed by atoms with Gasteiger partial charge in [-0.15, -0.1) is 0 Å². The van der Waals surface area contributed by atoms with Crippen LogP contribution in [0.25, 0.3) is 0 Å². The van der Waals surface area contributed by atoms with Crippen molar-refractivity contribution in [3.05, 3.63) is 59.9 Å². The molecule has 3 rings (SSSR count). The minimum absolute atomic E-state index is 0.0858. The van der Waals surface area contributed by atoms with Crippen LogP contribution < -0.4 is 16.4 Å². The Bertz CT molecular complexity index is 781. The summed E-state index contributed by atoms with van der Waals surface area (Å²) in [6.45, 7) is 5.99. The van der Waals surface area contributed by atoms with E-state index in [0.29, 0.717) is 11.8 Å². The van der Waals surface area contributed by atoms with Gasteiger partial charge >= 0.3 is 0 Å². The normalized spacial score (nSPS) is 20.2. The molecular formula is C18H22N6. The van der Waals surface area contributed by atoms with Crippen molar-refractivity contribution in [1.29, 1.82) is 0 Å². The highest BCUT2D eigenvalue weighted by molar-refractivity contribution is 6.10. The van der Waals surface area contributed by atoms with Crippen LogP contribution in [0, 0.1) is 12.8 Å². The molecule has 4 N–H and O–H groups in total. The van der Waals surface area contributed by atoms with Crippen LogP contribution in [0.3, 0.4) is 0 Å². The van der Waals surface area contributed by atoms with Gasteiger partial charge in [-0.3, -0.25) is 10.7 Å². The first kappa shape index (κ1) is 16.1. The molecule has 124 valence electrons. The molecule has 2 aromatic rings. The standard InChI is InChI=1S/C18H22N6/c1-12(2)18(19)23-16(14-7-5-4-6-8-14)22-17(24-18)21-15-9-10-20-13(3)11-15/h4-12H,19H2,1-3H3,(H2,20,21,22,23,24). The lowest BCUT2D eigenvalue weighted by Crippen LogP contribution is -2.61. The molecule has 0 radical (unpaired) electrons. The Morgan fingerprint density at radius 3 is 2.58 bits per heavy atom. The van der Waals surface area contributed by atoms with E-state index in [1.54, 1.807) is 6.20 Å². The summed E-state index contributed by atoms with van der Waals surface area (Å²) in [6.07, 6.45) is 1.75. The zero-order valence-corrected chi connectivity index (χ0v) is 14.1. The van der Waals surface area contributed by atoms with Crippen LogP contribution in [-0.2, 0) is 0 Å². The maximum atomic E-state index is 6.47. The fraction of sp³-hybridized carbons (Fsp3) is 0.278. The van der Waals surface area contributed by atoms with Gasteiger partial charge < -0.3 is 10.6 Å². The van der Waals surface area contributed by atoms with Gasteiger partial charge in [-0.2, -0.15) is 4.99 Å². The lowest BCUT2D eigenvalue weighted by atomic mass is 10.0. The Hall–Kier alpha value is -2.73. The molecule has 1 aliphatic heterocycles. The fourth-order valence-corrected chi connectivity index (χ4v) is 2.37. The van der Waals surface area contributed by atoms with Gasteiger partial charge in [-0.05, 0) is 19.1 Å². The Morgan fingerprint density at radius 1 is 1.17 bits per heavy atom.